The summed E-state index contributed by atoms with van der Waals surface area (Å²) < 4.78 is 11.1. The van der Waals surface area contributed by atoms with Gasteiger partial charge in [-0.15, -0.1) is 0 Å². The summed E-state index contributed by atoms with van der Waals surface area (Å²) in [6.07, 6.45) is 81.3. The molecular formula is C84H150N6O2S. The number of thioether (sulfide) groups is 1. The minimum atomic E-state index is 0. The van der Waals surface area contributed by atoms with Gasteiger partial charge in [0, 0.05) is 61.1 Å². The van der Waals surface area contributed by atoms with Crippen LogP contribution in [0.1, 0.15) is 328 Å². The molecule has 12 aliphatic carbocycles. The maximum atomic E-state index is 5.60. The van der Waals surface area contributed by atoms with E-state index in [1.54, 1.807) is 96.3 Å². The van der Waals surface area contributed by atoms with Crippen molar-refractivity contribution in [3.05, 3.63) is 12.2 Å². The summed E-state index contributed by atoms with van der Waals surface area (Å²) >= 11 is 2.21. The number of fused-ring (bicyclic) bond motifs is 27. The highest BCUT2D eigenvalue weighted by molar-refractivity contribution is 8.00. The average Bonchev–Trinajstić information content (AvgIpc) is 3.84. The minimum Gasteiger partial charge on any atom is -0.375 e. The fourth-order valence-corrected chi connectivity index (χ4v) is 24.3. The monoisotopic (exact) mass is 1310 g/mol. The third-order valence-electron chi connectivity index (χ3n) is 28.9. The molecule has 0 spiro atoms. The molecular weight excluding hydrogens is 1160 g/mol. The van der Waals surface area contributed by atoms with Gasteiger partial charge in [-0.05, 0) is 328 Å². The van der Waals surface area contributed by atoms with Gasteiger partial charge in [0.15, 0.2) is 0 Å². The molecule has 0 amide bonds. The summed E-state index contributed by atoms with van der Waals surface area (Å²) in [5.74, 6) is 14.5. The van der Waals surface area contributed by atoms with Crippen molar-refractivity contribution < 1.29 is 9.47 Å². The van der Waals surface area contributed by atoms with E-state index in [1.165, 1.54) is 300 Å². The lowest BCUT2D eigenvalue weighted by atomic mass is 9.65. The van der Waals surface area contributed by atoms with Gasteiger partial charge in [0.25, 0.3) is 0 Å². The van der Waals surface area contributed by atoms with Gasteiger partial charge in [-0.25, -0.2) is 0 Å². The first kappa shape index (κ1) is 72.6. The van der Waals surface area contributed by atoms with E-state index >= 15 is 0 Å². The fourth-order valence-electron chi connectivity index (χ4n) is 22.8. The second-order valence-corrected chi connectivity index (χ2v) is 37.4. The summed E-state index contributed by atoms with van der Waals surface area (Å²) in [5, 5.41) is 18.6. The minimum absolute atomic E-state index is 0. The number of hydrogen-bond donors (Lipinski definition) is 5. The van der Waals surface area contributed by atoms with Gasteiger partial charge in [0.05, 0.1) is 24.4 Å². The maximum Gasteiger partial charge on any atom is 0.0580 e. The Labute approximate surface area is 578 Å². The Morgan fingerprint density at radius 2 is 0.710 bits per heavy atom. The molecule has 28 rings (SSSR count). The molecule has 16 aliphatic heterocycles. The molecule has 11 saturated carbocycles. The predicted molar refractivity (Wildman–Crippen MR) is 396 cm³/mol. The average molecular weight is 1310 g/mol. The fraction of sp³-hybridized carbons (Fsp3) is 0.976. The van der Waals surface area contributed by atoms with E-state index in [2.05, 4.69) is 55.4 Å². The summed E-state index contributed by atoms with van der Waals surface area (Å²) in [4.78, 5) is 2.59. The van der Waals surface area contributed by atoms with Crippen LogP contribution < -0.4 is 26.6 Å². The largest absolute Gasteiger partial charge is 0.375 e. The molecule has 534 valence electrons. The standard InChI is InChI=1S/C8H14.C7H13N.C7H11N.3C7H13N.C7H12O.C7H12S.2C7H12.C6H11N.C6H10O.CH4/c1-2-8-5-3-7(1)4-6-8;1-3-7-4-2-6(1)5-8-7;1-2-7-3-6(1)4-8-5-7;1-2-7-3-5-8(4-1)6-7;1-2-6-4-7(3-1)8-5-6;2*1-2-6-4-5-7(3-1)8-6;1-3-7-4-2-6(1)5-8-7;1-2-7-4-3-6(1)5-7;1-2-6-4-7(3-1)5-6;2*1-2-6-4-3-5(1)7-6;/h7-8H,1-6H2;6-8H,1-5H2;1-2,6-8H,3-5H2;7H,1-6H2;2*6-8H,1-5H2;2*6-7H,1-5H2;2*6-7H,1-5H2;5-7H,1-4H2;5-6H,1-4H2;1H4. The van der Waals surface area contributed by atoms with Gasteiger partial charge in [-0.2, -0.15) is 11.8 Å². The normalized spacial score (nSPS) is 45.2. The predicted octanol–water partition coefficient (Wildman–Crippen LogP) is 19.3. The van der Waals surface area contributed by atoms with Crippen LogP contribution in [-0.4, -0.2) is 122 Å². The molecule has 0 aromatic heterocycles. The first-order valence-electron chi connectivity index (χ1n) is 42.4. The highest BCUT2D eigenvalue weighted by Gasteiger charge is 2.36. The van der Waals surface area contributed by atoms with Gasteiger partial charge in [0.2, 0.25) is 0 Å². The molecule has 8 nitrogen and oxygen atoms in total. The zero-order valence-corrected chi connectivity index (χ0v) is 60.4. The van der Waals surface area contributed by atoms with Crippen molar-refractivity contribution in [1.29, 1.82) is 0 Å². The first-order chi connectivity index (χ1) is 45.4. The topological polar surface area (TPSA) is 81.8 Å². The summed E-state index contributed by atoms with van der Waals surface area (Å²) in [6, 6.07) is 5.48. The Hall–Kier alpha value is -0.230. The van der Waals surface area contributed by atoms with Crippen molar-refractivity contribution in [3.63, 3.8) is 0 Å². The second kappa shape index (κ2) is 38.7. The second-order valence-electron chi connectivity index (χ2n) is 36.1. The van der Waals surface area contributed by atoms with E-state index in [4.69, 9.17) is 9.47 Å². The molecule has 0 radical (unpaired) electrons. The summed E-state index contributed by atoms with van der Waals surface area (Å²) in [5.41, 5.74) is 0. The van der Waals surface area contributed by atoms with Gasteiger partial charge in [0.1, 0.15) is 0 Å². The maximum absolute atomic E-state index is 5.60. The molecule has 10 unspecified atom stereocenters. The number of nitrogens with one attached hydrogen (secondary N) is 5. The van der Waals surface area contributed by atoms with E-state index in [0.29, 0.717) is 24.4 Å². The Balaban J connectivity index is 0.0000000975. The first-order valence-corrected chi connectivity index (χ1v) is 43.5. The van der Waals surface area contributed by atoms with Crippen LogP contribution in [0.2, 0.25) is 0 Å². The van der Waals surface area contributed by atoms with E-state index in [9.17, 15) is 0 Å². The Kier molecular flexibility index (Phi) is 30.2. The highest BCUT2D eigenvalue weighted by atomic mass is 32.2. The lowest BCUT2D eigenvalue weighted by Crippen LogP contribution is -2.44. The smallest absolute Gasteiger partial charge is 0.0580 e. The molecule has 10 atom stereocenters. The van der Waals surface area contributed by atoms with Crippen LogP contribution in [0.25, 0.3) is 0 Å². The van der Waals surface area contributed by atoms with E-state index in [1.807, 2.05) is 0 Å². The molecule has 16 heterocycles. The van der Waals surface area contributed by atoms with E-state index < -0.39 is 0 Å². The van der Waals surface area contributed by atoms with Crippen LogP contribution in [0, 0.1) is 71.0 Å². The molecule has 93 heavy (non-hydrogen) atoms. The van der Waals surface area contributed by atoms with Crippen LogP contribution in [0.15, 0.2) is 12.2 Å². The molecule has 16 saturated heterocycles. The van der Waals surface area contributed by atoms with Gasteiger partial charge in [-0.3, -0.25) is 0 Å². The molecule has 24 bridgehead atoms. The number of ether oxygens (including phenoxy) is 2. The number of rotatable bonds is 0. The lowest BCUT2D eigenvalue weighted by Gasteiger charge is -2.40. The van der Waals surface area contributed by atoms with Crippen molar-refractivity contribution >= 4 is 11.8 Å². The third-order valence-corrected chi connectivity index (χ3v) is 30.6. The van der Waals surface area contributed by atoms with Crippen molar-refractivity contribution in [2.75, 3.05) is 51.6 Å². The van der Waals surface area contributed by atoms with Crippen molar-refractivity contribution in [3.8, 4) is 0 Å². The van der Waals surface area contributed by atoms with Crippen LogP contribution in [0.4, 0.5) is 0 Å². The number of nitrogens with zero attached hydrogens (tertiary/aromatic N) is 1. The van der Waals surface area contributed by atoms with Crippen LogP contribution in [0.5, 0.6) is 0 Å². The SMILES string of the molecule is C.C1=CC2CNCC1C2.C1CC2CC(C1)C2.C1CC2CCC(C1)N2.C1CC2CCC(C1)O2.C1CC2CCC1C2.C1CC2CCC1CC2.C1CC2CCC1CN2.C1CC2CCC1CS2.C1CC2CCC1N2.C1CC2CCC1O2.C1CC2CCN(C1)C2.C1CC2CNC(C1)C2. The van der Waals surface area contributed by atoms with Crippen LogP contribution >= 0.6 is 11.8 Å². The van der Waals surface area contributed by atoms with Crippen molar-refractivity contribution in [2.24, 2.45) is 71.0 Å². The van der Waals surface area contributed by atoms with Gasteiger partial charge in [-0.1, -0.05) is 116 Å². The molecule has 0 aromatic rings. The van der Waals surface area contributed by atoms with E-state index in [0.717, 1.165) is 88.8 Å². The number of hydrogen-bond acceptors (Lipinski definition) is 9. The zero-order valence-electron chi connectivity index (χ0n) is 59.6. The quantitative estimate of drug-likeness (QED) is 0.152. The van der Waals surface area contributed by atoms with Crippen LogP contribution in [-0.2, 0) is 9.47 Å². The van der Waals surface area contributed by atoms with Gasteiger partial charge >= 0.3 is 0 Å². The molecule has 27 fully saturated rings. The molecule has 28 aliphatic rings. The summed E-state index contributed by atoms with van der Waals surface area (Å²) in [6.45, 7) is 9.25. The van der Waals surface area contributed by atoms with Gasteiger partial charge < -0.3 is 41.0 Å². The molecule has 5 N–H and O–H groups in total. The summed E-state index contributed by atoms with van der Waals surface area (Å²) in [7, 11) is 0. The zero-order chi connectivity index (χ0) is 61.9. The van der Waals surface area contributed by atoms with Crippen molar-refractivity contribution in [1.82, 2.24) is 31.5 Å². The Bertz CT molecular complexity index is 1610. The third kappa shape index (κ3) is 23.9. The Morgan fingerprint density at radius 1 is 0.290 bits per heavy atom. The van der Waals surface area contributed by atoms with Crippen LogP contribution in [0.3, 0.4) is 0 Å². The Morgan fingerprint density at radius 3 is 1.02 bits per heavy atom. The van der Waals surface area contributed by atoms with E-state index in [-0.39, 0.29) is 7.43 Å². The molecule has 0 aromatic carbocycles. The highest BCUT2D eigenvalue weighted by Crippen LogP contribution is 2.46. The van der Waals surface area contributed by atoms with Crippen molar-refractivity contribution in [2.45, 2.75) is 394 Å². The molecule has 9 heteroatoms. The number of piperidine rings is 5. The lowest BCUT2D eigenvalue weighted by molar-refractivity contribution is 0.00574.